The molecule has 8 heteroatoms. The second kappa shape index (κ2) is 8.79. The molecule has 2 N–H and O–H groups in total. The molecule has 3 rings (SSSR count). The van der Waals surface area contributed by atoms with E-state index in [-0.39, 0.29) is 11.4 Å². The van der Waals surface area contributed by atoms with Gasteiger partial charge in [-0.05, 0) is 48.5 Å². The van der Waals surface area contributed by atoms with Crippen molar-refractivity contribution in [2.45, 2.75) is 16.1 Å². The predicted molar refractivity (Wildman–Crippen MR) is 104 cm³/mol. The lowest BCUT2D eigenvalue weighted by Gasteiger charge is -2.14. The summed E-state index contributed by atoms with van der Waals surface area (Å²) in [5.74, 6) is -0.407. The Labute approximate surface area is 164 Å². The van der Waals surface area contributed by atoms with Gasteiger partial charge < -0.3 is 10.6 Å². The molecule has 1 heterocycles. The lowest BCUT2D eigenvalue weighted by atomic mass is 10.2. The van der Waals surface area contributed by atoms with E-state index in [2.05, 4.69) is 15.6 Å². The first-order chi connectivity index (χ1) is 13.4. The van der Waals surface area contributed by atoms with Crippen LogP contribution >= 0.6 is 11.8 Å². The number of carbonyl (C=O) groups is 1. The third kappa shape index (κ3) is 5.75. The van der Waals surface area contributed by atoms with E-state index in [0.717, 1.165) is 9.92 Å². The average molecular weight is 403 g/mol. The van der Waals surface area contributed by atoms with Crippen LogP contribution in [0, 0.1) is 0 Å². The van der Waals surface area contributed by atoms with Gasteiger partial charge >= 0.3 is 6.18 Å². The minimum absolute atomic E-state index is 0.204. The van der Waals surface area contributed by atoms with Crippen LogP contribution in [0.25, 0.3) is 0 Å². The molecular formula is C20H16F3N3OS. The van der Waals surface area contributed by atoms with E-state index in [4.69, 9.17) is 0 Å². The molecule has 1 aromatic heterocycles. The molecule has 0 aliphatic rings. The summed E-state index contributed by atoms with van der Waals surface area (Å²) in [5, 5.41) is 5.78. The van der Waals surface area contributed by atoms with Crippen molar-refractivity contribution in [3.8, 4) is 0 Å². The highest BCUT2D eigenvalue weighted by Gasteiger charge is 2.27. The van der Waals surface area contributed by atoms with Gasteiger partial charge in [0.05, 0.1) is 11.4 Å². The van der Waals surface area contributed by atoms with Crippen molar-refractivity contribution in [1.82, 2.24) is 4.98 Å². The molecule has 0 saturated carbocycles. The van der Waals surface area contributed by atoms with E-state index < -0.39 is 18.6 Å². The van der Waals surface area contributed by atoms with Crippen LogP contribution in [-0.4, -0.2) is 23.6 Å². The maximum Gasteiger partial charge on any atom is 0.405 e. The predicted octanol–water partition coefficient (Wildman–Crippen LogP) is 5.46. The summed E-state index contributed by atoms with van der Waals surface area (Å²) in [6, 6.07) is 18.8. The summed E-state index contributed by atoms with van der Waals surface area (Å²) in [5.41, 5.74) is 0.884. The first-order valence-electron chi connectivity index (χ1n) is 8.31. The topological polar surface area (TPSA) is 54.0 Å². The highest BCUT2D eigenvalue weighted by atomic mass is 32.2. The van der Waals surface area contributed by atoms with E-state index in [1.807, 2.05) is 18.2 Å². The van der Waals surface area contributed by atoms with Crippen LogP contribution < -0.4 is 10.6 Å². The Hall–Kier alpha value is -3.00. The zero-order chi connectivity index (χ0) is 20.0. The van der Waals surface area contributed by atoms with Crippen LogP contribution in [0.3, 0.4) is 0 Å². The SMILES string of the molecule is O=C(Nc1ccccc1NCC(F)(F)F)c1ccc(Sc2ccccn2)cc1. The molecule has 0 unspecified atom stereocenters. The number of hydrogen-bond donors (Lipinski definition) is 2. The Morgan fingerprint density at radius 2 is 1.61 bits per heavy atom. The van der Waals surface area contributed by atoms with Crippen molar-refractivity contribution >= 4 is 29.0 Å². The molecule has 3 aromatic rings. The van der Waals surface area contributed by atoms with Crippen molar-refractivity contribution in [2.75, 3.05) is 17.2 Å². The molecule has 0 bridgehead atoms. The zero-order valence-electron chi connectivity index (χ0n) is 14.5. The number of hydrogen-bond acceptors (Lipinski definition) is 4. The summed E-state index contributed by atoms with van der Waals surface area (Å²) in [7, 11) is 0. The smallest absolute Gasteiger partial charge is 0.375 e. The van der Waals surface area contributed by atoms with Gasteiger partial charge in [-0.3, -0.25) is 4.79 Å². The Kier molecular flexibility index (Phi) is 6.20. The molecule has 1 amide bonds. The highest BCUT2D eigenvalue weighted by Crippen LogP contribution is 2.27. The van der Waals surface area contributed by atoms with Crippen molar-refractivity contribution in [3.05, 3.63) is 78.5 Å². The number of pyridine rings is 1. The Morgan fingerprint density at radius 1 is 0.929 bits per heavy atom. The van der Waals surface area contributed by atoms with Gasteiger partial charge in [0.25, 0.3) is 5.91 Å². The van der Waals surface area contributed by atoms with Gasteiger partial charge in [-0.1, -0.05) is 30.0 Å². The van der Waals surface area contributed by atoms with Crippen LogP contribution in [0.15, 0.2) is 82.8 Å². The fourth-order valence-corrected chi connectivity index (χ4v) is 3.11. The van der Waals surface area contributed by atoms with E-state index >= 15 is 0 Å². The second-order valence-corrected chi connectivity index (χ2v) is 6.86. The fourth-order valence-electron chi connectivity index (χ4n) is 2.34. The van der Waals surface area contributed by atoms with Crippen LogP contribution in [0.4, 0.5) is 24.5 Å². The van der Waals surface area contributed by atoms with Gasteiger partial charge in [0.2, 0.25) is 0 Å². The number of nitrogens with one attached hydrogen (secondary N) is 2. The molecular weight excluding hydrogens is 387 g/mol. The van der Waals surface area contributed by atoms with E-state index in [1.165, 1.54) is 17.8 Å². The largest absolute Gasteiger partial charge is 0.405 e. The first-order valence-corrected chi connectivity index (χ1v) is 9.12. The van der Waals surface area contributed by atoms with E-state index in [0.29, 0.717) is 5.56 Å². The fraction of sp³-hybridized carbons (Fsp3) is 0.100. The number of aromatic nitrogens is 1. The van der Waals surface area contributed by atoms with Crippen molar-refractivity contribution in [2.24, 2.45) is 0 Å². The summed E-state index contributed by atoms with van der Waals surface area (Å²) < 4.78 is 37.3. The number of nitrogens with zero attached hydrogens (tertiary/aromatic N) is 1. The standard InChI is InChI=1S/C20H16F3N3OS/c21-20(22,23)13-25-16-5-1-2-6-17(16)26-19(27)14-8-10-15(11-9-14)28-18-7-3-4-12-24-18/h1-12,25H,13H2,(H,26,27). The molecule has 0 atom stereocenters. The molecule has 0 aliphatic carbocycles. The maximum absolute atomic E-state index is 12.5. The number of para-hydroxylation sites is 2. The summed E-state index contributed by atoms with van der Waals surface area (Å²) >= 11 is 1.46. The Bertz CT molecular complexity index is 931. The molecule has 0 spiro atoms. The van der Waals surface area contributed by atoms with Gasteiger partial charge in [0.1, 0.15) is 11.6 Å². The summed E-state index contributed by atoms with van der Waals surface area (Å²) in [4.78, 5) is 17.6. The third-order valence-corrected chi connectivity index (χ3v) is 4.59. The van der Waals surface area contributed by atoms with Gasteiger partial charge in [-0.2, -0.15) is 13.2 Å². The number of amides is 1. The van der Waals surface area contributed by atoms with Gasteiger partial charge in [-0.15, -0.1) is 0 Å². The van der Waals surface area contributed by atoms with Crippen LogP contribution in [-0.2, 0) is 0 Å². The molecule has 0 fully saturated rings. The first kappa shape index (κ1) is 19.8. The third-order valence-electron chi connectivity index (χ3n) is 3.63. The minimum atomic E-state index is -4.35. The molecule has 2 aromatic carbocycles. The van der Waals surface area contributed by atoms with Gasteiger partial charge in [0.15, 0.2) is 0 Å². The van der Waals surface area contributed by atoms with Crippen LogP contribution in [0.2, 0.25) is 0 Å². The van der Waals surface area contributed by atoms with Crippen LogP contribution in [0.1, 0.15) is 10.4 Å². The van der Waals surface area contributed by atoms with E-state index in [9.17, 15) is 18.0 Å². The number of carbonyl (C=O) groups excluding carboxylic acids is 1. The summed E-state index contributed by atoms with van der Waals surface area (Å²) in [6.45, 7) is -1.18. The average Bonchev–Trinajstić information content (AvgIpc) is 2.68. The normalized spacial score (nSPS) is 11.1. The number of benzene rings is 2. The number of alkyl halides is 3. The van der Waals surface area contributed by atoms with Gasteiger partial charge in [0, 0.05) is 16.7 Å². The number of rotatable bonds is 6. The van der Waals surface area contributed by atoms with Crippen molar-refractivity contribution < 1.29 is 18.0 Å². The van der Waals surface area contributed by atoms with E-state index in [1.54, 1.807) is 48.7 Å². The summed E-state index contributed by atoms with van der Waals surface area (Å²) in [6.07, 6.45) is -2.65. The Balaban J connectivity index is 1.66. The highest BCUT2D eigenvalue weighted by molar-refractivity contribution is 7.99. The monoisotopic (exact) mass is 403 g/mol. The molecule has 28 heavy (non-hydrogen) atoms. The molecule has 0 saturated heterocycles. The van der Waals surface area contributed by atoms with Gasteiger partial charge in [-0.25, -0.2) is 4.98 Å². The molecule has 144 valence electrons. The van der Waals surface area contributed by atoms with Crippen LogP contribution in [0.5, 0.6) is 0 Å². The molecule has 0 radical (unpaired) electrons. The second-order valence-electron chi connectivity index (χ2n) is 5.76. The molecule has 0 aliphatic heterocycles. The quantitative estimate of drug-likeness (QED) is 0.574. The lowest BCUT2D eigenvalue weighted by Crippen LogP contribution is -2.22. The maximum atomic E-state index is 12.5. The Morgan fingerprint density at radius 3 is 2.25 bits per heavy atom. The van der Waals surface area contributed by atoms with Crippen molar-refractivity contribution in [3.63, 3.8) is 0 Å². The number of halogens is 3. The molecule has 4 nitrogen and oxygen atoms in total. The number of anilines is 2. The zero-order valence-corrected chi connectivity index (χ0v) is 15.3. The minimum Gasteiger partial charge on any atom is -0.375 e. The van der Waals surface area contributed by atoms with Crippen molar-refractivity contribution in [1.29, 1.82) is 0 Å². The lowest BCUT2D eigenvalue weighted by molar-refractivity contribution is -0.115.